The summed E-state index contributed by atoms with van der Waals surface area (Å²) in [6.45, 7) is 6.53. The van der Waals surface area contributed by atoms with E-state index >= 15 is 0 Å². The molecule has 6 nitrogen and oxygen atoms in total. The average Bonchev–Trinajstić information content (AvgIpc) is 3.11. The van der Waals surface area contributed by atoms with Gasteiger partial charge in [0.2, 0.25) is 0 Å². The minimum Gasteiger partial charge on any atom is -0.335 e. The first kappa shape index (κ1) is 19.5. The highest BCUT2D eigenvalue weighted by molar-refractivity contribution is 6.29. The van der Waals surface area contributed by atoms with Crippen molar-refractivity contribution in [3.05, 3.63) is 35.8 Å². The summed E-state index contributed by atoms with van der Waals surface area (Å²) in [4.78, 5) is 17.8. The predicted octanol–water partition coefficient (Wildman–Crippen LogP) is 4.09. The number of rotatable bonds is 4. The molecule has 146 valence electrons. The van der Waals surface area contributed by atoms with E-state index in [0.717, 1.165) is 21.9 Å². The maximum atomic E-state index is 14.1. The average molecular weight is 402 g/mol. The summed E-state index contributed by atoms with van der Waals surface area (Å²) in [6.07, 6.45) is -1.09. The molecule has 2 aromatic heterocycles. The molecule has 1 N–H and O–H groups in total. The quantitative estimate of drug-likeness (QED) is 0.785. The van der Waals surface area contributed by atoms with Gasteiger partial charge in [-0.2, -0.15) is 18.3 Å². The molecular weight excluding hydrogens is 383 g/mol. The summed E-state index contributed by atoms with van der Waals surface area (Å²) >= 11 is 5.87. The van der Waals surface area contributed by atoms with E-state index in [1.807, 2.05) is 6.92 Å². The SMILES string of the molecule is C=C[C@@]1(C(F)(F)F)CN(C(=O)NC(C)CCC)c2cnc3cc(Cl)nn3c21. The molecule has 0 bridgehead atoms. The third-order valence-electron chi connectivity index (χ3n) is 4.75. The highest BCUT2D eigenvalue weighted by Crippen LogP contribution is 2.50. The van der Waals surface area contributed by atoms with E-state index in [0.29, 0.717) is 6.42 Å². The second-order valence-electron chi connectivity index (χ2n) is 6.63. The van der Waals surface area contributed by atoms with Gasteiger partial charge in [-0.1, -0.05) is 31.0 Å². The van der Waals surface area contributed by atoms with Gasteiger partial charge in [0.05, 0.1) is 24.1 Å². The van der Waals surface area contributed by atoms with Crippen molar-refractivity contribution in [2.75, 3.05) is 11.4 Å². The van der Waals surface area contributed by atoms with E-state index in [1.165, 1.54) is 12.3 Å². The number of alkyl halides is 3. The molecule has 2 atom stereocenters. The van der Waals surface area contributed by atoms with Crippen molar-refractivity contribution in [2.24, 2.45) is 0 Å². The Balaban J connectivity index is 2.16. The molecule has 2 amide bonds. The fourth-order valence-electron chi connectivity index (χ4n) is 3.40. The summed E-state index contributed by atoms with van der Waals surface area (Å²) in [5.41, 5.74) is -2.51. The monoisotopic (exact) mass is 401 g/mol. The lowest BCUT2D eigenvalue weighted by atomic mass is 9.85. The Kier molecular flexibility index (Phi) is 4.83. The van der Waals surface area contributed by atoms with Crippen LogP contribution in [0, 0.1) is 0 Å². The van der Waals surface area contributed by atoms with E-state index < -0.39 is 24.2 Å². The van der Waals surface area contributed by atoms with Crippen LogP contribution in [0.15, 0.2) is 24.9 Å². The number of amides is 2. The maximum absolute atomic E-state index is 14.1. The summed E-state index contributed by atoms with van der Waals surface area (Å²) in [6, 6.07) is 0.564. The fourth-order valence-corrected chi connectivity index (χ4v) is 3.57. The van der Waals surface area contributed by atoms with Crippen LogP contribution >= 0.6 is 11.6 Å². The lowest BCUT2D eigenvalue weighted by molar-refractivity contribution is -0.172. The van der Waals surface area contributed by atoms with Gasteiger partial charge in [0, 0.05) is 12.1 Å². The van der Waals surface area contributed by atoms with Gasteiger partial charge in [-0.3, -0.25) is 4.90 Å². The van der Waals surface area contributed by atoms with E-state index in [2.05, 4.69) is 22.0 Å². The standard InChI is InChI=1S/C17H19ClF3N5O/c1-4-6-10(3)23-15(27)25-9-16(5-2,17(19,20)21)14-11(25)8-22-13-7-12(18)24-26(13)14/h5,7-8,10H,2,4,6,9H2,1,3H3,(H,23,27)/t10?,16-/m1/s1. The number of fused-ring (bicyclic) bond motifs is 3. The molecule has 3 heterocycles. The number of halogens is 4. The van der Waals surface area contributed by atoms with Crippen LogP contribution < -0.4 is 10.2 Å². The normalized spacial score (nSPS) is 20.6. The van der Waals surface area contributed by atoms with E-state index in [1.54, 1.807) is 6.92 Å². The predicted molar refractivity (Wildman–Crippen MR) is 96.2 cm³/mol. The number of urea groups is 1. The third-order valence-corrected chi connectivity index (χ3v) is 4.93. The van der Waals surface area contributed by atoms with Crippen LogP contribution in [-0.2, 0) is 5.41 Å². The van der Waals surface area contributed by atoms with Gasteiger partial charge in [0.15, 0.2) is 10.8 Å². The Labute approximate surface area is 159 Å². The van der Waals surface area contributed by atoms with Crippen molar-refractivity contribution >= 4 is 29.0 Å². The van der Waals surface area contributed by atoms with Gasteiger partial charge in [-0.15, -0.1) is 6.58 Å². The number of aromatic nitrogens is 3. The Morgan fingerprint density at radius 2 is 2.26 bits per heavy atom. The largest absolute Gasteiger partial charge is 0.405 e. The van der Waals surface area contributed by atoms with Gasteiger partial charge < -0.3 is 5.32 Å². The second kappa shape index (κ2) is 6.70. The molecular formula is C17H19ClF3N5O. The molecule has 0 aliphatic carbocycles. The molecule has 0 fully saturated rings. The molecule has 1 aliphatic heterocycles. The van der Waals surface area contributed by atoms with Crippen molar-refractivity contribution in [2.45, 2.75) is 44.3 Å². The van der Waals surface area contributed by atoms with Crippen molar-refractivity contribution in [1.82, 2.24) is 19.9 Å². The van der Waals surface area contributed by atoms with Crippen LogP contribution in [0.1, 0.15) is 32.4 Å². The maximum Gasteiger partial charge on any atom is 0.405 e. The molecule has 0 spiro atoms. The lowest BCUT2D eigenvalue weighted by Crippen LogP contribution is -2.49. The van der Waals surface area contributed by atoms with Crippen LogP contribution in [0.5, 0.6) is 0 Å². The van der Waals surface area contributed by atoms with Crippen molar-refractivity contribution in [3.8, 4) is 0 Å². The molecule has 1 aliphatic rings. The third kappa shape index (κ3) is 3.03. The minimum absolute atomic E-state index is 0.00973. The number of nitrogens with zero attached hydrogens (tertiary/aromatic N) is 4. The number of hydrogen-bond donors (Lipinski definition) is 1. The van der Waals surface area contributed by atoms with Crippen LogP contribution in [0.3, 0.4) is 0 Å². The molecule has 0 aromatic carbocycles. The van der Waals surface area contributed by atoms with Crippen molar-refractivity contribution in [1.29, 1.82) is 0 Å². The van der Waals surface area contributed by atoms with Gasteiger partial charge in [-0.05, 0) is 13.3 Å². The first-order valence-corrected chi connectivity index (χ1v) is 8.85. The minimum atomic E-state index is -4.69. The van der Waals surface area contributed by atoms with Gasteiger partial charge in [0.25, 0.3) is 0 Å². The molecule has 0 saturated carbocycles. The first-order chi connectivity index (χ1) is 12.6. The van der Waals surface area contributed by atoms with Crippen LogP contribution in [0.25, 0.3) is 5.65 Å². The highest BCUT2D eigenvalue weighted by Gasteiger charge is 2.62. The summed E-state index contributed by atoms with van der Waals surface area (Å²) < 4.78 is 43.4. The van der Waals surface area contributed by atoms with E-state index in [9.17, 15) is 18.0 Å². The second-order valence-corrected chi connectivity index (χ2v) is 7.01. The Bertz CT molecular complexity index is 897. The Morgan fingerprint density at radius 1 is 1.56 bits per heavy atom. The molecule has 2 aromatic rings. The van der Waals surface area contributed by atoms with E-state index in [-0.39, 0.29) is 28.2 Å². The molecule has 1 unspecified atom stereocenters. The number of nitrogens with one attached hydrogen (secondary N) is 1. The summed E-state index contributed by atoms with van der Waals surface area (Å²) in [5.74, 6) is 0. The number of hydrogen-bond acceptors (Lipinski definition) is 3. The highest BCUT2D eigenvalue weighted by atomic mass is 35.5. The van der Waals surface area contributed by atoms with Gasteiger partial charge in [0.1, 0.15) is 5.41 Å². The van der Waals surface area contributed by atoms with Gasteiger partial charge in [-0.25, -0.2) is 14.3 Å². The number of carbonyl (C=O) groups excluding carboxylic acids is 1. The smallest absolute Gasteiger partial charge is 0.335 e. The van der Waals surface area contributed by atoms with Crippen LogP contribution in [0.2, 0.25) is 5.15 Å². The molecule has 27 heavy (non-hydrogen) atoms. The number of anilines is 1. The molecule has 0 radical (unpaired) electrons. The summed E-state index contributed by atoms with van der Waals surface area (Å²) in [7, 11) is 0. The van der Waals surface area contributed by atoms with Crippen LogP contribution in [-0.4, -0.2) is 39.4 Å². The lowest BCUT2D eigenvalue weighted by Gasteiger charge is -2.29. The molecule has 10 heteroatoms. The Hall–Kier alpha value is -2.29. The Morgan fingerprint density at radius 3 is 2.85 bits per heavy atom. The molecule has 3 rings (SSSR count). The van der Waals surface area contributed by atoms with E-state index in [4.69, 9.17) is 11.6 Å². The number of carbonyl (C=O) groups is 1. The zero-order valence-corrected chi connectivity index (χ0v) is 15.6. The van der Waals surface area contributed by atoms with Crippen molar-refractivity contribution in [3.63, 3.8) is 0 Å². The van der Waals surface area contributed by atoms with Crippen LogP contribution in [0.4, 0.5) is 23.7 Å². The zero-order chi connectivity index (χ0) is 20.0. The fraction of sp³-hybridized carbons (Fsp3) is 0.471. The topological polar surface area (TPSA) is 62.5 Å². The van der Waals surface area contributed by atoms with Gasteiger partial charge >= 0.3 is 12.2 Å². The molecule has 0 saturated heterocycles. The summed E-state index contributed by atoms with van der Waals surface area (Å²) in [5, 5.41) is 6.68. The van der Waals surface area contributed by atoms with Crippen molar-refractivity contribution < 1.29 is 18.0 Å². The zero-order valence-electron chi connectivity index (χ0n) is 14.8. The first-order valence-electron chi connectivity index (χ1n) is 8.47.